The van der Waals surface area contributed by atoms with Gasteiger partial charge in [0, 0.05) is 18.2 Å². The molecule has 3 N–H and O–H groups in total. The molecule has 14 heavy (non-hydrogen) atoms. The molecule has 78 valence electrons. The summed E-state index contributed by atoms with van der Waals surface area (Å²) in [7, 11) is 1.64. The van der Waals surface area contributed by atoms with Crippen LogP contribution >= 0.6 is 0 Å². The number of nitrogens with two attached hydrogens (primary N) is 1. The maximum Gasteiger partial charge on any atom is 0.123 e. The largest absolute Gasteiger partial charge is 0.496 e. The van der Waals surface area contributed by atoms with Crippen LogP contribution in [-0.4, -0.2) is 18.8 Å². The second-order valence-electron chi connectivity index (χ2n) is 3.21. The number of rotatable bonds is 5. The van der Waals surface area contributed by atoms with Gasteiger partial charge in [-0.1, -0.05) is 18.2 Å². The minimum atomic E-state index is -0.0571. The van der Waals surface area contributed by atoms with Gasteiger partial charge in [0.25, 0.3) is 0 Å². The fourth-order valence-electron chi connectivity index (χ4n) is 1.44. The normalized spacial score (nSPS) is 12.5. The van der Waals surface area contributed by atoms with Crippen molar-refractivity contribution < 1.29 is 9.84 Å². The summed E-state index contributed by atoms with van der Waals surface area (Å²) in [5, 5.41) is 8.70. The van der Waals surface area contributed by atoms with Crippen LogP contribution in [0.1, 0.15) is 24.4 Å². The summed E-state index contributed by atoms with van der Waals surface area (Å²) in [6, 6.07) is 7.66. The predicted octanol–water partition coefficient (Wildman–Crippen LogP) is 1.47. The van der Waals surface area contributed by atoms with Crippen LogP contribution in [0.2, 0.25) is 0 Å². The Morgan fingerprint density at radius 3 is 2.79 bits per heavy atom. The summed E-state index contributed by atoms with van der Waals surface area (Å²) in [6.07, 6.45) is 1.50. The summed E-state index contributed by atoms with van der Waals surface area (Å²) in [4.78, 5) is 0. The molecule has 0 aliphatic heterocycles. The Kier molecular flexibility index (Phi) is 4.43. The van der Waals surface area contributed by atoms with Gasteiger partial charge in [-0.3, -0.25) is 0 Å². The third-order valence-corrected chi connectivity index (χ3v) is 2.21. The van der Waals surface area contributed by atoms with E-state index < -0.39 is 0 Å². The molecular weight excluding hydrogens is 178 g/mol. The van der Waals surface area contributed by atoms with Gasteiger partial charge in [-0.15, -0.1) is 0 Å². The van der Waals surface area contributed by atoms with Crippen LogP contribution in [0.3, 0.4) is 0 Å². The quantitative estimate of drug-likeness (QED) is 0.748. The fourth-order valence-corrected chi connectivity index (χ4v) is 1.44. The summed E-state index contributed by atoms with van der Waals surface area (Å²) >= 11 is 0. The highest BCUT2D eigenvalue weighted by molar-refractivity contribution is 5.35. The molecule has 1 aromatic carbocycles. The van der Waals surface area contributed by atoms with Crippen molar-refractivity contribution in [2.75, 3.05) is 13.7 Å². The van der Waals surface area contributed by atoms with Crippen LogP contribution in [0.5, 0.6) is 5.75 Å². The zero-order valence-electron chi connectivity index (χ0n) is 8.44. The fraction of sp³-hybridized carbons (Fsp3) is 0.455. The Balaban J connectivity index is 2.72. The smallest absolute Gasteiger partial charge is 0.123 e. The van der Waals surface area contributed by atoms with E-state index in [9.17, 15) is 0 Å². The van der Waals surface area contributed by atoms with Gasteiger partial charge in [0.1, 0.15) is 5.75 Å². The summed E-state index contributed by atoms with van der Waals surface area (Å²) in [5.41, 5.74) is 6.97. The Labute approximate surface area is 84.5 Å². The number of para-hydroxylation sites is 1. The van der Waals surface area contributed by atoms with Gasteiger partial charge in [0.15, 0.2) is 0 Å². The molecule has 0 fully saturated rings. The lowest BCUT2D eigenvalue weighted by molar-refractivity contribution is 0.279. The molecule has 3 nitrogen and oxygen atoms in total. The Morgan fingerprint density at radius 1 is 1.43 bits per heavy atom. The number of hydrogen-bond donors (Lipinski definition) is 2. The van der Waals surface area contributed by atoms with Crippen molar-refractivity contribution >= 4 is 0 Å². The molecule has 3 heteroatoms. The third-order valence-electron chi connectivity index (χ3n) is 2.21. The molecule has 0 heterocycles. The highest BCUT2D eigenvalue weighted by Gasteiger charge is 2.10. The highest BCUT2D eigenvalue weighted by atomic mass is 16.5. The lowest BCUT2D eigenvalue weighted by Crippen LogP contribution is -2.11. The first-order valence-corrected chi connectivity index (χ1v) is 4.79. The first-order chi connectivity index (χ1) is 6.79. The molecule has 0 saturated carbocycles. The van der Waals surface area contributed by atoms with Gasteiger partial charge in [-0.25, -0.2) is 0 Å². The monoisotopic (exact) mass is 195 g/mol. The minimum Gasteiger partial charge on any atom is -0.496 e. The lowest BCUT2D eigenvalue weighted by Gasteiger charge is -2.14. The van der Waals surface area contributed by atoms with E-state index in [0.29, 0.717) is 0 Å². The lowest BCUT2D eigenvalue weighted by atomic mass is 10.0. The molecule has 0 bridgehead atoms. The number of methoxy groups -OCH3 is 1. The molecule has 1 atom stereocenters. The van der Waals surface area contributed by atoms with Gasteiger partial charge in [0.05, 0.1) is 7.11 Å². The minimum absolute atomic E-state index is 0.0571. The van der Waals surface area contributed by atoms with E-state index in [1.54, 1.807) is 7.11 Å². The number of ether oxygens (including phenoxy) is 1. The average molecular weight is 195 g/mol. The van der Waals surface area contributed by atoms with Crippen molar-refractivity contribution in [2.45, 2.75) is 18.9 Å². The second-order valence-corrected chi connectivity index (χ2v) is 3.21. The zero-order valence-corrected chi connectivity index (χ0v) is 8.44. The van der Waals surface area contributed by atoms with Crippen LogP contribution in [0.15, 0.2) is 24.3 Å². The summed E-state index contributed by atoms with van der Waals surface area (Å²) < 4.78 is 5.20. The van der Waals surface area contributed by atoms with E-state index in [4.69, 9.17) is 15.6 Å². The standard InChI is InChI=1S/C11H17NO2/c1-14-11-7-3-2-5-9(11)10(12)6-4-8-13/h2-3,5,7,10,13H,4,6,8,12H2,1H3. The van der Waals surface area contributed by atoms with Crippen molar-refractivity contribution in [3.63, 3.8) is 0 Å². The zero-order chi connectivity index (χ0) is 10.4. The molecule has 0 amide bonds. The Hall–Kier alpha value is -1.06. The molecule has 0 spiro atoms. The van der Waals surface area contributed by atoms with E-state index >= 15 is 0 Å². The van der Waals surface area contributed by atoms with Crippen LogP contribution in [0.4, 0.5) is 0 Å². The van der Waals surface area contributed by atoms with Crippen LogP contribution in [0.25, 0.3) is 0 Å². The predicted molar refractivity (Wildman–Crippen MR) is 56.2 cm³/mol. The number of benzene rings is 1. The van der Waals surface area contributed by atoms with E-state index in [-0.39, 0.29) is 12.6 Å². The number of hydrogen-bond acceptors (Lipinski definition) is 3. The molecule has 0 aromatic heterocycles. The SMILES string of the molecule is COc1ccccc1C(N)CCCO. The van der Waals surface area contributed by atoms with Crippen LogP contribution < -0.4 is 10.5 Å². The topological polar surface area (TPSA) is 55.5 Å². The maximum absolute atomic E-state index is 8.70. The molecule has 1 unspecified atom stereocenters. The molecule has 0 aliphatic carbocycles. The third kappa shape index (κ3) is 2.72. The summed E-state index contributed by atoms with van der Waals surface area (Å²) in [5.74, 6) is 0.818. The molecular formula is C11H17NO2. The number of aliphatic hydroxyl groups is 1. The Bertz CT molecular complexity index is 276. The van der Waals surface area contributed by atoms with Gasteiger partial charge in [-0.2, -0.15) is 0 Å². The van der Waals surface area contributed by atoms with Gasteiger partial charge >= 0.3 is 0 Å². The second kappa shape index (κ2) is 5.62. The van der Waals surface area contributed by atoms with E-state index in [1.807, 2.05) is 24.3 Å². The first kappa shape index (κ1) is 11.0. The molecule has 0 saturated heterocycles. The van der Waals surface area contributed by atoms with E-state index in [0.717, 1.165) is 24.2 Å². The Morgan fingerprint density at radius 2 is 2.14 bits per heavy atom. The van der Waals surface area contributed by atoms with Crippen molar-refractivity contribution in [1.29, 1.82) is 0 Å². The molecule has 1 aromatic rings. The van der Waals surface area contributed by atoms with E-state index in [1.165, 1.54) is 0 Å². The van der Waals surface area contributed by atoms with Crippen molar-refractivity contribution in [3.8, 4) is 5.75 Å². The summed E-state index contributed by atoms with van der Waals surface area (Å²) in [6.45, 7) is 0.183. The average Bonchev–Trinajstić information content (AvgIpc) is 2.25. The van der Waals surface area contributed by atoms with Crippen molar-refractivity contribution in [3.05, 3.63) is 29.8 Å². The van der Waals surface area contributed by atoms with Gasteiger partial charge < -0.3 is 15.6 Å². The van der Waals surface area contributed by atoms with E-state index in [2.05, 4.69) is 0 Å². The highest BCUT2D eigenvalue weighted by Crippen LogP contribution is 2.25. The van der Waals surface area contributed by atoms with Crippen LogP contribution in [0, 0.1) is 0 Å². The molecule has 1 rings (SSSR count). The number of aliphatic hydroxyl groups excluding tert-OH is 1. The molecule has 0 radical (unpaired) electrons. The van der Waals surface area contributed by atoms with Gasteiger partial charge in [0.2, 0.25) is 0 Å². The van der Waals surface area contributed by atoms with Crippen molar-refractivity contribution in [1.82, 2.24) is 0 Å². The molecule has 0 aliphatic rings. The van der Waals surface area contributed by atoms with Gasteiger partial charge in [-0.05, 0) is 18.9 Å². The first-order valence-electron chi connectivity index (χ1n) is 4.79. The maximum atomic E-state index is 8.70. The van der Waals surface area contributed by atoms with Crippen molar-refractivity contribution in [2.24, 2.45) is 5.73 Å². The van der Waals surface area contributed by atoms with Crippen LogP contribution in [-0.2, 0) is 0 Å².